The van der Waals surface area contributed by atoms with E-state index < -0.39 is 0 Å². The lowest BCUT2D eigenvalue weighted by Crippen LogP contribution is -2.41. The van der Waals surface area contributed by atoms with Gasteiger partial charge in [-0.3, -0.25) is 4.99 Å². The summed E-state index contributed by atoms with van der Waals surface area (Å²) in [6.07, 6.45) is 3.54. The number of benzene rings is 1. The van der Waals surface area contributed by atoms with Crippen LogP contribution in [0, 0.1) is 5.92 Å². The Kier molecular flexibility index (Phi) is 9.28. The van der Waals surface area contributed by atoms with E-state index in [-0.39, 0.29) is 0 Å². The summed E-state index contributed by atoms with van der Waals surface area (Å²) in [5.41, 5.74) is 1.06. The number of para-hydroxylation sites is 1. The molecule has 146 valence electrons. The van der Waals surface area contributed by atoms with Crippen LogP contribution in [0.4, 0.5) is 0 Å². The van der Waals surface area contributed by atoms with Crippen molar-refractivity contribution in [2.24, 2.45) is 10.9 Å². The minimum atomic E-state index is 0.546. The van der Waals surface area contributed by atoms with Crippen LogP contribution in [-0.2, 0) is 16.1 Å². The third-order valence-electron chi connectivity index (χ3n) is 4.77. The molecule has 1 aromatic rings. The van der Waals surface area contributed by atoms with E-state index in [0.29, 0.717) is 13.2 Å². The molecule has 1 aromatic carbocycles. The van der Waals surface area contributed by atoms with E-state index in [9.17, 15) is 0 Å². The molecule has 26 heavy (non-hydrogen) atoms. The van der Waals surface area contributed by atoms with Gasteiger partial charge in [-0.25, -0.2) is 0 Å². The van der Waals surface area contributed by atoms with Crippen LogP contribution in [0.15, 0.2) is 29.3 Å². The maximum absolute atomic E-state index is 5.76. The predicted octanol–water partition coefficient (Wildman–Crippen LogP) is 2.54. The molecule has 0 spiro atoms. The first-order valence-corrected chi connectivity index (χ1v) is 9.43. The number of nitrogens with zero attached hydrogens (tertiary/aromatic N) is 2. The number of aliphatic imine (C=N–C) groups is 1. The molecule has 0 saturated carbocycles. The summed E-state index contributed by atoms with van der Waals surface area (Å²) in [6.45, 7) is 4.71. The quantitative estimate of drug-likeness (QED) is 0.415. The Morgan fingerprint density at radius 1 is 1.31 bits per heavy atom. The maximum atomic E-state index is 5.76. The number of hydrogen-bond acceptors (Lipinski definition) is 4. The van der Waals surface area contributed by atoms with Crippen LogP contribution in [0.25, 0.3) is 0 Å². The average molecular weight is 364 g/mol. The van der Waals surface area contributed by atoms with E-state index in [1.54, 1.807) is 7.11 Å². The number of ether oxygens (including phenoxy) is 3. The Balaban J connectivity index is 1.63. The zero-order chi connectivity index (χ0) is 18.6. The molecule has 1 aliphatic heterocycles. The summed E-state index contributed by atoms with van der Waals surface area (Å²) in [4.78, 5) is 6.56. The van der Waals surface area contributed by atoms with Gasteiger partial charge in [-0.15, -0.1) is 0 Å². The first kappa shape index (κ1) is 20.5. The molecule has 1 saturated heterocycles. The van der Waals surface area contributed by atoms with E-state index >= 15 is 0 Å². The summed E-state index contributed by atoms with van der Waals surface area (Å²) in [7, 11) is 5.59. The fourth-order valence-corrected chi connectivity index (χ4v) is 3.14. The van der Waals surface area contributed by atoms with Gasteiger partial charge < -0.3 is 24.4 Å². The molecular formula is C20H33N3O3. The average Bonchev–Trinajstić information content (AvgIpc) is 2.70. The Hall–Kier alpha value is -1.79. The SMILES string of the molecule is CN=C(NCCOCc1ccccc1OC)N(C)CCC1CCOCC1. The number of rotatable bonds is 9. The third-order valence-corrected chi connectivity index (χ3v) is 4.77. The molecule has 0 aromatic heterocycles. The normalized spacial score (nSPS) is 15.7. The van der Waals surface area contributed by atoms with Crippen LogP contribution in [0.5, 0.6) is 5.75 Å². The monoisotopic (exact) mass is 363 g/mol. The molecule has 0 radical (unpaired) electrons. The zero-order valence-electron chi connectivity index (χ0n) is 16.4. The third kappa shape index (κ3) is 6.84. The van der Waals surface area contributed by atoms with Crippen molar-refractivity contribution in [1.29, 1.82) is 0 Å². The Bertz CT molecular complexity index is 545. The highest BCUT2D eigenvalue weighted by Gasteiger charge is 2.15. The molecule has 2 rings (SSSR count). The van der Waals surface area contributed by atoms with E-state index in [1.165, 1.54) is 19.3 Å². The van der Waals surface area contributed by atoms with Gasteiger partial charge in [0, 0.05) is 46.0 Å². The maximum Gasteiger partial charge on any atom is 0.193 e. The summed E-state index contributed by atoms with van der Waals surface area (Å²) in [5.74, 6) is 2.55. The van der Waals surface area contributed by atoms with Gasteiger partial charge in [-0.1, -0.05) is 18.2 Å². The number of guanidine groups is 1. The van der Waals surface area contributed by atoms with Gasteiger partial charge in [0.1, 0.15) is 5.75 Å². The van der Waals surface area contributed by atoms with Gasteiger partial charge in [-0.2, -0.15) is 0 Å². The number of methoxy groups -OCH3 is 1. The van der Waals surface area contributed by atoms with Crippen molar-refractivity contribution in [3.8, 4) is 5.75 Å². The zero-order valence-corrected chi connectivity index (χ0v) is 16.4. The second-order valence-electron chi connectivity index (χ2n) is 6.60. The topological polar surface area (TPSA) is 55.3 Å². The smallest absolute Gasteiger partial charge is 0.193 e. The fourth-order valence-electron chi connectivity index (χ4n) is 3.14. The Morgan fingerprint density at radius 2 is 2.08 bits per heavy atom. The molecule has 0 unspecified atom stereocenters. The van der Waals surface area contributed by atoms with Crippen molar-refractivity contribution >= 4 is 5.96 Å². The van der Waals surface area contributed by atoms with E-state index in [2.05, 4.69) is 22.3 Å². The predicted molar refractivity (Wildman–Crippen MR) is 105 cm³/mol. The van der Waals surface area contributed by atoms with Crippen molar-refractivity contribution < 1.29 is 14.2 Å². The molecule has 1 fully saturated rings. The second kappa shape index (κ2) is 11.8. The molecule has 1 N–H and O–H groups in total. The van der Waals surface area contributed by atoms with E-state index in [0.717, 1.165) is 49.5 Å². The highest BCUT2D eigenvalue weighted by molar-refractivity contribution is 5.79. The second-order valence-corrected chi connectivity index (χ2v) is 6.60. The minimum absolute atomic E-state index is 0.546. The molecule has 0 amide bonds. The van der Waals surface area contributed by atoms with Crippen LogP contribution in [-0.4, -0.2) is 65.0 Å². The lowest BCUT2D eigenvalue weighted by molar-refractivity contribution is 0.0625. The van der Waals surface area contributed by atoms with Crippen molar-refractivity contribution in [1.82, 2.24) is 10.2 Å². The minimum Gasteiger partial charge on any atom is -0.496 e. The summed E-state index contributed by atoms with van der Waals surface area (Å²) >= 11 is 0. The Morgan fingerprint density at radius 3 is 2.81 bits per heavy atom. The number of nitrogens with one attached hydrogen (secondary N) is 1. The molecule has 0 bridgehead atoms. The lowest BCUT2D eigenvalue weighted by Gasteiger charge is -2.26. The highest BCUT2D eigenvalue weighted by atomic mass is 16.5. The van der Waals surface area contributed by atoms with Crippen LogP contribution in [0.3, 0.4) is 0 Å². The van der Waals surface area contributed by atoms with Crippen LogP contribution >= 0.6 is 0 Å². The van der Waals surface area contributed by atoms with E-state index in [4.69, 9.17) is 14.2 Å². The summed E-state index contributed by atoms with van der Waals surface area (Å²) < 4.78 is 16.5. The van der Waals surface area contributed by atoms with Crippen LogP contribution in [0.1, 0.15) is 24.8 Å². The van der Waals surface area contributed by atoms with Crippen molar-refractivity contribution in [2.45, 2.75) is 25.9 Å². The Labute approximate surface area is 157 Å². The molecule has 1 aliphatic rings. The molecule has 0 atom stereocenters. The number of hydrogen-bond donors (Lipinski definition) is 1. The van der Waals surface area contributed by atoms with Gasteiger partial charge >= 0.3 is 0 Å². The molecular weight excluding hydrogens is 330 g/mol. The van der Waals surface area contributed by atoms with Gasteiger partial charge in [-0.05, 0) is 31.2 Å². The van der Waals surface area contributed by atoms with E-state index in [1.807, 2.05) is 31.3 Å². The van der Waals surface area contributed by atoms with Crippen LogP contribution < -0.4 is 10.1 Å². The molecule has 6 nitrogen and oxygen atoms in total. The highest BCUT2D eigenvalue weighted by Crippen LogP contribution is 2.19. The molecule has 6 heteroatoms. The van der Waals surface area contributed by atoms with Gasteiger partial charge in [0.15, 0.2) is 5.96 Å². The largest absolute Gasteiger partial charge is 0.496 e. The summed E-state index contributed by atoms with van der Waals surface area (Å²) in [5, 5.41) is 3.37. The van der Waals surface area contributed by atoms with Crippen molar-refractivity contribution in [3.05, 3.63) is 29.8 Å². The first-order chi connectivity index (χ1) is 12.7. The fraction of sp³-hybridized carbons (Fsp3) is 0.650. The van der Waals surface area contributed by atoms with Gasteiger partial charge in [0.25, 0.3) is 0 Å². The van der Waals surface area contributed by atoms with Gasteiger partial charge in [0.2, 0.25) is 0 Å². The van der Waals surface area contributed by atoms with Crippen molar-refractivity contribution in [3.63, 3.8) is 0 Å². The van der Waals surface area contributed by atoms with Crippen LogP contribution in [0.2, 0.25) is 0 Å². The lowest BCUT2D eigenvalue weighted by atomic mass is 9.96. The van der Waals surface area contributed by atoms with Gasteiger partial charge in [0.05, 0.1) is 20.3 Å². The van der Waals surface area contributed by atoms with Crippen molar-refractivity contribution in [2.75, 3.05) is 54.1 Å². The molecule has 0 aliphatic carbocycles. The standard InChI is InChI=1S/C20H33N3O3/c1-21-20(23(2)12-8-17-9-13-25-14-10-17)22-11-15-26-16-18-6-4-5-7-19(18)24-3/h4-7,17H,8-16H2,1-3H3,(H,21,22). The summed E-state index contributed by atoms with van der Waals surface area (Å²) in [6, 6.07) is 7.93. The first-order valence-electron chi connectivity index (χ1n) is 9.43. The molecule has 1 heterocycles.